The van der Waals surface area contributed by atoms with Crippen molar-refractivity contribution < 1.29 is 4.90 Å². The first-order chi connectivity index (χ1) is 9.97. The van der Waals surface area contributed by atoms with E-state index in [9.17, 15) is 4.79 Å². The van der Waals surface area contributed by atoms with Crippen molar-refractivity contribution in [1.82, 2.24) is 4.98 Å². The number of H-pyrrole nitrogens is 1. The summed E-state index contributed by atoms with van der Waals surface area (Å²) in [6, 6.07) is 6.01. The summed E-state index contributed by atoms with van der Waals surface area (Å²) in [5.41, 5.74) is 4.05. The van der Waals surface area contributed by atoms with E-state index >= 15 is 0 Å². The molecule has 21 heavy (non-hydrogen) atoms. The van der Waals surface area contributed by atoms with E-state index in [-0.39, 0.29) is 5.43 Å². The second-order valence-electron chi connectivity index (χ2n) is 5.82. The van der Waals surface area contributed by atoms with Gasteiger partial charge in [0.15, 0.2) is 5.43 Å². The topological polar surface area (TPSA) is 40.5 Å². The Bertz CT molecular complexity index is 684. The predicted molar refractivity (Wildman–Crippen MR) is 89.4 cm³/mol. The lowest BCUT2D eigenvalue weighted by Crippen LogP contribution is -3.10. The summed E-state index contributed by atoms with van der Waals surface area (Å²) >= 11 is 0. The van der Waals surface area contributed by atoms with Crippen LogP contribution in [-0.4, -0.2) is 32.2 Å². The molecule has 0 unspecified atom stereocenters. The molecule has 2 N–H and O–H groups in total. The van der Waals surface area contributed by atoms with E-state index in [4.69, 9.17) is 0 Å². The zero-order valence-electron chi connectivity index (χ0n) is 13.7. The molecule has 0 atom stereocenters. The lowest BCUT2D eigenvalue weighted by molar-refractivity contribution is -0.910. The molecular formula is C17H26N3O+. The van der Waals surface area contributed by atoms with E-state index in [1.54, 1.807) is 0 Å². The quantitative estimate of drug-likeness (QED) is 0.871. The normalized spacial score (nSPS) is 11.3. The number of fused-ring (bicyclic) bond motifs is 1. The van der Waals surface area contributed by atoms with E-state index in [2.05, 4.69) is 18.8 Å². The van der Waals surface area contributed by atoms with Gasteiger partial charge in [-0.2, -0.15) is 0 Å². The Morgan fingerprint density at radius 2 is 1.86 bits per heavy atom. The van der Waals surface area contributed by atoms with Crippen LogP contribution >= 0.6 is 0 Å². The van der Waals surface area contributed by atoms with Crippen LogP contribution in [0.2, 0.25) is 0 Å². The third kappa shape index (κ3) is 3.10. The van der Waals surface area contributed by atoms with Gasteiger partial charge in [-0.05, 0) is 39.0 Å². The molecule has 2 aromatic rings. The number of aromatic nitrogens is 1. The molecule has 0 radical (unpaired) electrons. The minimum Gasteiger partial charge on any atom is -0.378 e. The van der Waals surface area contributed by atoms with Gasteiger partial charge in [-0.15, -0.1) is 0 Å². The van der Waals surface area contributed by atoms with Crippen molar-refractivity contribution in [2.45, 2.75) is 27.3 Å². The van der Waals surface area contributed by atoms with Gasteiger partial charge in [-0.25, -0.2) is 0 Å². The van der Waals surface area contributed by atoms with Gasteiger partial charge in [0.2, 0.25) is 0 Å². The molecule has 1 heterocycles. The maximum atomic E-state index is 12.8. The van der Waals surface area contributed by atoms with Crippen LogP contribution in [0.5, 0.6) is 0 Å². The molecule has 0 saturated heterocycles. The summed E-state index contributed by atoms with van der Waals surface area (Å²) in [5.74, 6) is 0. The summed E-state index contributed by atoms with van der Waals surface area (Å²) in [5, 5.41) is 0.786. The molecule has 0 bridgehead atoms. The van der Waals surface area contributed by atoms with E-state index in [1.807, 2.05) is 44.1 Å². The first kappa shape index (κ1) is 15.6. The van der Waals surface area contributed by atoms with E-state index in [0.29, 0.717) is 0 Å². The Morgan fingerprint density at radius 1 is 1.19 bits per heavy atom. The van der Waals surface area contributed by atoms with E-state index < -0.39 is 0 Å². The number of nitrogens with zero attached hydrogens (tertiary/aromatic N) is 1. The molecule has 0 saturated carbocycles. The number of nitrogens with one attached hydrogen (secondary N) is 2. The molecule has 0 aliphatic rings. The van der Waals surface area contributed by atoms with Gasteiger partial charge in [0.25, 0.3) is 0 Å². The number of aromatic amines is 1. The third-order valence-corrected chi connectivity index (χ3v) is 4.24. The predicted octanol–water partition coefficient (Wildman–Crippen LogP) is 1.33. The molecular weight excluding hydrogens is 262 g/mol. The van der Waals surface area contributed by atoms with Gasteiger partial charge in [-0.1, -0.05) is 0 Å². The van der Waals surface area contributed by atoms with Crippen LogP contribution in [0, 0.1) is 6.92 Å². The average molecular weight is 288 g/mol. The van der Waals surface area contributed by atoms with Crippen molar-refractivity contribution in [2.24, 2.45) is 0 Å². The van der Waals surface area contributed by atoms with Crippen molar-refractivity contribution >= 4 is 16.6 Å². The van der Waals surface area contributed by atoms with Crippen LogP contribution in [0.3, 0.4) is 0 Å². The zero-order valence-corrected chi connectivity index (χ0v) is 13.7. The molecule has 0 amide bonds. The second-order valence-corrected chi connectivity index (χ2v) is 5.82. The largest absolute Gasteiger partial charge is 0.378 e. The Morgan fingerprint density at radius 3 is 2.43 bits per heavy atom. The minimum atomic E-state index is 0.171. The number of hydrogen-bond acceptors (Lipinski definition) is 2. The van der Waals surface area contributed by atoms with Crippen molar-refractivity contribution in [1.29, 1.82) is 0 Å². The summed E-state index contributed by atoms with van der Waals surface area (Å²) in [4.78, 5) is 19.7. The summed E-state index contributed by atoms with van der Waals surface area (Å²) < 4.78 is 0. The van der Waals surface area contributed by atoms with Crippen LogP contribution in [0.15, 0.2) is 23.0 Å². The molecule has 4 heteroatoms. The van der Waals surface area contributed by atoms with Crippen molar-refractivity contribution in [3.63, 3.8) is 0 Å². The van der Waals surface area contributed by atoms with E-state index in [0.717, 1.165) is 47.5 Å². The molecule has 0 fully saturated rings. The lowest BCUT2D eigenvalue weighted by Gasteiger charge is -2.17. The number of quaternary nitrogens is 1. The fourth-order valence-corrected chi connectivity index (χ4v) is 2.68. The molecule has 0 aliphatic carbocycles. The fraction of sp³-hybridized carbons (Fsp3) is 0.471. The van der Waals surface area contributed by atoms with Crippen LogP contribution < -0.4 is 15.2 Å². The molecule has 2 rings (SSSR count). The van der Waals surface area contributed by atoms with Gasteiger partial charge in [-0.3, -0.25) is 4.79 Å². The van der Waals surface area contributed by atoms with E-state index in [1.165, 1.54) is 4.90 Å². The van der Waals surface area contributed by atoms with Crippen molar-refractivity contribution in [2.75, 3.05) is 32.1 Å². The van der Waals surface area contributed by atoms with Gasteiger partial charge < -0.3 is 14.8 Å². The van der Waals surface area contributed by atoms with Gasteiger partial charge in [0, 0.05) is 36.4 Å². The van der Waals surface area contributed by atoms with Gasteiger partial charge in [0.05, 0.1) is 18.7 Å². The lowest BCUT2D eigenvalue weighted by atomic mass is 10.1. The summed E-state index contributed by atoms with van der Waals surface area (Å²) in [6.45, 7) is 9.17. The highest BCUT2D eigenvalue weighted by Gasteiger charge is 2.14. The van der Waals surface area contributed by atoms with Crippen molar-refractivity contribution in [3.05, 3.63) is 39.7 Å². The van der Waals surface area contributed by atoms with Crippen LogP contribution in [-0.2, 0) is 6.54 Å². The molecule has 0 spiro atoms. The second kappa shape index (κ2) is 6.31. The van der Waals surface area contributed by atoms with Crippen molar-refractivity contribution in [3.8, 4) is 0 Å². The smallest absolute Gasteiger partial charge is 0.198 e. The number of benzene rings is 1. The third-order valence-electron chi connectivity index (χ3n) is 4.24. The molecule has 114 valence electrons. The number of anilines is 1. The molecule has 4 nitrogen and oxygen atoms in total. The Labute approximate surface area is 126 Å². The van der Waals surface area contributed by atoms with Gasteiger partial charge >= 0.3 is 0 Å². The Hall–Kier alpha value is -1.81. The standard InChI is InChI=1S/C17H25N3O/c1-6-20(7-2)11-15-12(3)18-16-9-8-13(19(4)5)10-14(16)17(15)21/h8-10H,6-7,11H2,1-5H3,(H,18,21)/p+1. The fourth-order valence-electron chi connectivity index (χ4n) is 2.68. The monoisotopic (exact) mass is 288 g/mol. The number of pyridine rings is 1. The van der Waals surface area contributed by atoms with Gasteiger partial charge in [0.1, 0.15) is 6.54 Å². The van der Waals surface area contributed by atoms with Crippen LogP contribution in [0.1, 0.15) is 25.1 Å². The summed E-state index contributed by atoms with van der Waals surface area (Å²) in [7, 11) is 3.98. The maximum Gasteiger partial charge on any atom is 0.198 e. The highest BCUT2D eigenvalue weighted by Crippen LogP contribution is 2.18. The van der Waals surface area contributed by atoms with Crippen LogP contribution in [0.25, 0.3) is 10.9 Å². The maximum absolute atomic E-state index is 12.8. The number of aryl methyl sites for hydroxylation is 1. The zero-order chi connectivity index (χ0) is 15.6. The highest BCUT2D eigenvalue weighted by molar-refractivity contribution is 5.83. The molecule has 0 aliphatic heterocycles. The SMILES string of the molecule is CC[NH+](CC)Cc1c(C)[nH]c2ccc(N(C)C)cc2c1=O. The number of hydrogen-bond donors (Lipinski definition) is 2. The Balaban J connectivity index is 2.58. The number of rotatable bonds is 5. The molecule has 1 aromatic carbocycles. The highest BCUT2D eigenvalue weighted by atomic mass is 16.1. The summed E-state index contributed by atoms with van der Waals surface area (Å²) in [6.07, 6.45) is 0. The first-order valence-corrected chi connectivity index (χ1v) is 7.64. The van der Waals surface area contributed by atoms with Crippen LogP contribution in [0.4, 0.5) is 5.69 Å². The average Bonchev–Trinajstić information content (AvgIpc) is 2.47. The molecule has 1 aromatic heterocycles. The first-order valence-electron chi connectivity index (χ1n) is 7.64. The Kier molecular flexibility index (Phi) is 4.68. The minimum absolute atomic E-state index is 0.171.